The summed E-state index contributed by atoms with van der Waals surface area (Å²) >= 11 is 0. The number of aromatic nitrogens is 3. The van der Waals surface area contributed by atoms with Gasteiger partial charge in [-0.1, -0.05) is 36.4 Å². The summed E-state index contributed by atoms with van der Waals surface area (Å²) in [6.45, 7) is 0.0768. The smallest absolute Gasteiger partial charge is 0.246 e. The molecule has 1 aromatic heterocycles. The van der Waals surface area contributed by atoms with Crippen LogP contribution in [0.2, 0.25) is 0 Å². The predicted molar refractivity (Wildman–Crippen MR) is 77.0 cm³/mol. The molecule has 0 aliphatic carbocycles. The highest BCUT2D eigenvalue weighted by Gasteiger charge is 2.07. The van der Waals surface area contributed by atoms with Crippen molar-refractivity contribution in [3.63, 3.8) is 0 Å². The zero-order chi connectivity index (χ0) is 13.9. The van der Waals surface area contributed by atoms with E-state index in [1.165, 1.54) is 11.0 Å². The number of fused-ring (bicyclic) bond motifs is 1. The number of rotatable bonds is 3. The highest BCUT2D eigenvalue weighted by Crippen LogP contribution is 2.22. The highest BCUT2D eigenvalue weighted by molar-refractivity contribution is 6.01. The van der Waals surface area contributed by atoms with E-state index in [2.05, 4.69) is 15.4 Å². The van der Waals surface area contributed by atoms with Crippen LogP contribution in [0.25, 0.3) is 10.8 Å². The van der Waals surface area contributed by atoms with Gasteiger partial charge in [0.15, 0.2) is 0 Å². The zero-order valence-corrected chi connectivity index (χ0v) is 10.7. The molecule has 3 aromatic rings. The molecule has 1 heterocycles. The maximum atomic E-state index is 12.0. The van der Waals surface area contributed by atoms with Crippen LogP contribution in [0.5, 0.6) is 0 Å². The van der Waals surface area contributed by atoms with Crippen LogP contribution < -0.4 is 11.1 Å². The van der Waals surface area contributed by atoms with Crippen molar-refractivity contribution in [3.05, 3.63) is 48.8 Å². The van der Waals surface area contributed by atoms with Gasteiger partial charge in [-0.3, -0.25) is 4.79 Å². The minimum absolute atomic E-state index is 0.0768. The Hall–Kier alpha value is -2.89. The quantitative estimate of drug-likeness (QED) is 0.755. The van der Waals surface area contributed by atoms with Crippen molar-refractivity contribution in [1.82, 2.24) is 14.8 Å². The Kier molecular flexibility index (Phi) is 3.04. The summed E-state index contributed by atoms with van der Waals surface area (Å²) in [6.07, 6.45) is 1.43. The normalized spacial score (nSPS) is 10.6. The highest BCUT2D eigenvalue weighted by atomic mass is 16.2. The molecule has 0 radical (unpaired) electrons. The van der Waals surface area contributed by atoms with Crippen molar-refractivity contribution in [3.8, 4) is 0 Å². The summed E-state index contributed by atoms with van der Waals surface area (Å²) in [7, 11) is 0. The molecule has 0 bridgehead atoms. The minimum Gasteiger partial charge on any atom is -0.367 e. The first-order chi connectivity index (χ1) is 9.72. The molecule has 6 nitrogen and oxygen atoms in total. The van der Waals surface area contributed by atoms with Crippen LogP contribution in [0.1, 0.15) is 0 Å². The molecule has 1 amide bonds. The fourth-order valence-electron chi connectivity index (χ4n) is 2.06. The number of amides is 1. The Morgan fingerprint density at radius 1 is 1.20 bits per heavy atom. The van der Waals surface area contributed by atoms with Gasteiger partial charge in [-0.2, -0.15) is 0 Å². The molecule has 0 aliphatic rings. The molecule has 0 fully saturated rings. The van der Waals surface area contributed by atoms with Crippen molar-refractivity contribution < 1.29 is 4.79 Å². The second-order valence-electron chi connectivity index (χ2n) is 4.38. The van der Waals surface area contributed by atoms with Gasteiger partial charge in [0, 0.05) is 11.1 Å². The van der Waals surface area contributed by atoms with Crippen LogP contribution in [-0.4, -0.2) is 20.7 Å². The summed E-state index contributed by atoms with van der Waals surface area (Å²) < 4.78 is 1.40. The maximum absolute atomic E-state index is 12.0. The standard InChI is InChI=1S/C14H13N5O/c15-14-16-9-19(18-14)8-13(20)17-12-7-3-5-10-4-1-2-6-11(10)12/h1-7,9H,8H2,(H2,15,18)(H,17,20). The Labute approximate surface area is 115 Å². The third-order valence-electron chi connectivity index (χ3n) is 2.92. The fourth-order valence-corrected chi connectivity index (χ4v) is 2.06. The van der Waals surface area contributed by atoms with E-state index in [9.17, 15) is 4.79 Å². The van der Waals surface area contributed by atoms with E-state index in [1.54, 1.807) is 0 Å². The van der Waals surface area contributed by atoms with Gasteiger partial charge >= 0.3 is 0 Å². The lowest BCUT2D eigenvalue weighted by Gasteiger charge is -2.08. The fraction of sp³-hybridized carbons (Fsp3) is 0.0714. The van der Waals surface area contributed by atoms with E-state index in [0.717, 1.165) is 16.5 Å². The third kappa shape index (κ3) is 2.44. The number of nitrogens with one attached hydrogen (secondary N) is 1. The van der Waals surface area contributed by atoms with Crippen molar-refractivity contribution in [2.45, 2.75) is 6.54 Å². The molecule has 0 unspecified atom stereocenters. The van der Waals surface area contributed by atoms with E-state index < -0.39 is 0 Å². The maximum Gasteiger partial charge on any atom is 0.246 e. The van der Waals surface area contributed by atoms with Gasteiger partial charge in [0.05, 0.1) is 0 Å². The lowest BCUT2D eigenvalue weighted by molar-refractivity contribution is -0.116. The van der Waals surface area contributed by atoms with E-state index in [0.29, 0.717) is 0 Å². The number of nitrogens with zero attached hydrogens (tertiary/aromatic N) is 3. The summed E-state index contributed by atoms with van der Waals surface area (Å²) in [4.78, 5) is 15.8. The summed E-state index contributed by atoms with van der Waals surface area (Å²) in [5.74, 6) is -0.0192. The van der Waals surface area contributed by atoms with Gasteiger partial charge < -0.3 is 11.1 Å². The average Bonchev–Trinajstić information content (AvgIpc) is 2.84. The van der Waals surface area contributed by atoms with E-state index in [-0.39, 0.29) is 18.4 Å². The number of anilines is 2. The Morgan fingerprint density at radius 2 is 2.00 bits per heavy atom. The van der Waals surface area contributed by atoms with E-state index >= 15 is 0 Å². The molecule has 0 aliphatic heterocycles. The molecule has 100 valence electrons. The monoisotopic (exact) mass is 267 g/mol. The molecule has 3 rings (SSSR count). The van der Waals surface area contributed by atoms with Gasteiger partial charge in [-0.25, -0.2) is 9.67 Å². The number of hydrogen-bond donors (Lipinski definition) is 2. The molecule has 6 heteroatoms. The minimum atomic E-state index is -0.175. The van der Waals surface area contributed by atoms with Crippen LogP contribution in [0, 0.1) is 0 Å². The van der Waals surface area contributed by atoms with Gasteiger partial charge in [0.1, 0.15) is 12.9 Å². The van der Waals surface area contributed by atoms with Crippen LogP contribution in [-0.2, 0) is 11.3 Å². The molecule has 20 heavy (non-hydrogen) atoms. The van der Waals surface area contributed by atoms with Crippen molar-refractivity contribution in [2.24, 2.45) is 0 Å². The molecule has 0 saturated heterocycles. The largest absolute Gasteiger partial charge is 0.367 e. The lowest BCUT2D eigenvalue weighted by Crippen LogP contribution is -2.19. The van der Waals surface area contributed by atoms with Gasteiger partial charge in [0.25, 0.3) is 0 Å². The van der Waals surface area contributed by atoms with E-state index in [1.807, 2.05) is 42.5 Å². The second kappa shape index (κ2) is 5.00. The molecular formula is C14H13N5O. The molecule has 2 aromatic carbocycles. The van der Waals surface area contributed by atoms with Gasteiger partial charge in [-0.05, 0) is 11.5 Å². The predicted octanol–water partition coefficient (Wildman–Crippen LogP) is 1.65. The van der Waals surface area contributed by atoms with Crippen LogP contribution in [0.3, 0.4) is 0 Å². The number of nitrogens with two attached hydrogens (primary N) is 1. The second-order valence-corrected chi connectivity index (χ2v) is 4.38. The first-order valence-corrected chi connectivity index (χ1v) is 6.15. The number of nitrogen functional groups attached to an aromatic ring is 1. The van der Waals surface area contributed by atoms with Gasteiger partial charge in [-0.15, -0.1) is 5.10 Å². The van der Waals surface area contributed by atoms with Gasteiger partial charge in [0.2, 0.25) is 11.9 Å². The number of carbonyl (C=O) groups is 1. The summed E-state index contributed by atoms with van der Waals surface area (Å²) in [5.41, 5.74) is 6.19. The first kappa shape index (κ1) is 12.2. The van der Waals surface area contributed by atoms with Crippen molar-refractivity contribution >= 4 is 28.3 Å². The van der Waals surface area contributed by atoms with Crippen LogP contribution in [0.4, 0.5) is 11.6 Å². The Balaban J connectivity index is 1.81. The van der Waals surface area contributed by atoms with Crippen LogP contribution in [0.15, 0.2) is 48.8 Å². The molecule has 0 saturated carbocycles. The number of benzene rings is 2. The van der Waals surface area contributed by atoms with Crippen molar-refractivity contribution in [1.29, 1.82) is 0 Å². The molecule has 3 N–H and O–H groups in total. The molecular weight excluding hydrogens is 254 g/mol. The number of carbonyl (C=O) groups excluding carboxylic acids is 1. The topological polar surface area (TPSA) is 85.8 Å². The number of hydrogen-bond acceptors (Lipinski definition) is 4. The lowest BCUT2D eigenvalue weighted by atomic mass is 10.1. The average molecular weight is 267 g/mol. The zero-order valence-electron chi connectivity index (χ0n) is 10.7. The Bertz CT molecular complexity index is 760. The SMILES string of the molecule is Nc1ncn(CC(=O)Nc2cccc3ccccc23)n1. The molecule has 0 atom stereocenters. The van der Waals surface area contributed by atoms with E-state index in [4.69, 9.17) is 5.73 Å². The van der Waals surface area contributed by atoms with Crippen LogP contribution >= 0.6 is 0 Å². The third-order valence-corrected chi connectivity index (χ3v) is 2.92. The Morgan fingerprint density at radius 3 is 2.80 bits per heavy atom. The summed E-state index contributed by atoms with van der Waals surface area (Å²) in [6, 6.07) is 13.7. The van der Waals surface area contributed by atoms with Crippen molar-refractivity contribution in [2.75, 3.05) is 11.1 Å². The first-order valence-electron chi connectivity index (χ1n) is 6.15. The molecule has 0 spiro atoms. The summed E-state index contributed by atoms with van der Waals surface area (Å²) in [5, 5.41) is 8.83.